The molecule has 1 saturated carbocycles. The van der Waals surface area contributed by atoms with Gasteiger partial charge in [0.1, 0.15) is 5.75 Å². The minimum atomic E-state index is -3.46. The third-order valence-corrected chi connectivity index (χ3v) is 6.84. The van der Waals surface area contributed by atoms with Crippen LogP contribution in [0.5, 0.6) is 5.75 Å². The quantitative estimate of drug-likeness (QED) is 0.757. The number of ether oxygens (including phenoxy) is 1. The van der Waals surface area contributed by atoms with E-state index in [2.05, 4.69) is 5.32 Å². The minimum absolute atomic E-state index is 0.0438. The van der Waals surface area contributed by atoms with Crippen LogP contribution in [0, 0.1) is 0 Å². The predicted octanol–water partition coefficient (Wildman–Crippen LogP) is 4.12. The zero-order valence-corrected chi connectivity index (χ0v) is 17.0. The van der Waals surface area contributed by atoms with Crippen LogP contribution in [0.15, 0.2) is 53.4 Å². The van der Waals surface area contributed by atoms with Crippen molar-refractivity contribution in [3.8, 4) is 5.75 Å². The molecule has 0 radical (unpaired) electrons. The molecular weight excluding hydrogens is 374 g/mol. The number of hydrogen-bond acceptors (Lipinski definition) is 4. The first-order valence-electron chi connectivity index (χ1n) is 9.85. The average Bonchev–Trinajstić information content (AvgIpc) is 2.73. The van der Waals surface area contributed by atoms with E-state index in [1.54, 1.807) is 25.1 Å². The smallest absolute Gasteiger partial charge is 0.252 e. The Morgan fingerprint density at radius 3 is 2.57 bits per heavy atom. The Kier molecular flexibility index (Phi) is 6.73. The molecule has 2 aromatic carbocycles. The number of sulfone groups is 1. The Labute approximate surface area is 167 Å². The van der Waals surface area contributed by atoms with Gasteiger partial charge in [0.25, 0.3) is 5.91 Å². The lowest BCUT2D eigenvalue weighted by molar-refractivity contribution is 0.0947. The molecule has 1 amide bonds. The van der Waals surface area contributed by atoms with Gasteiger partial charge in [-0.25, -0.2) is 8.42 Å². The van der Waals surface area contributed by atoms with Crippen LogP contribution in [0.25, 0.3) is 0 Å². The topological polar surface area (TPSA) is 72.5 Å². The predicted molar refractivity (Wildman–Crippen MR) is 109 cm³/mol. The number of hydrogen-bond donors (Lipinski definition) is 1. The van der Waals surface area contributed by atoms with Crippen molar-refractivity contribution in [1.29, 1.82) is 0 Å². The summed E-state index contributed by atoms with van der Waals surface area (Å²) in [6.07, 6.45) is 6.14. The Balaban J connectivity index is 1.66. The highest BCUT2D eigenvalue weighted by atomic mass is 32.2. The fraction of sp³-hybridized carbons (Fsp3) is 0.409. The molecule has 6 heteroatoms. The number of rotatable bonds is 7. The zero-order valence-electron chi connectivity index (χ0n) is 16.2. The van der Waals surface area contributed by atoms with E-state index in [9.17, 15) is 13.2 Å². The van der Waals surface area contributed by atoms with E-state index >= 15 is 0 Å². The Hall–Kier alpha value is -2.34. The first-order chi connectivity index (χ1) is 13.5. The largest absolute Gasteiger partial charge is 0.490 e. The van der Waals surface area contributed by atoms with Crippen LogP contribution in [0.1, 0.15) is 54.9 Å². The maximum Gasteiger partial charge on any atom is 0.252 e. The van der Waals surface area contributed by atoms with Crippen molar-refractivity contribution in [3.63, 3.8) is 0 Å². The van der Waals surface area contributed by atoms with Crippen LogP contribution < -0.4 is 10.1 Å². The molecule has 1 aliphatic rings. The van der Waals surface area contributed by atoms with E-state index < -0.39 is 15.7 Å². The molecule has 28 heavy (non-hydrogen) atoms. The third-order valence-electron chi connectivity index (χ3n) is 5.05. The molecule has 0 bridgehead atoms. The van der Waals surface area contributed by atoms with E-state index in [-0.39, 0.29) is 22.3 Å². The molecule has 1 aliphatic carbocycles. The van der Waals surface area contributed by atoms with Crippen LogP contribution in [-0.4, -0.2) is 26.2 Å². The highest BCUT2D eigenvalue weighted by molar-refractivity contribution is 7.91. The van der Waals surface area contributed by atoms with Crippen molar-refractivity contribution in [1.82, 2.24) is 5.32 Å². The molecule has 0 saturated heterocycles. The summed E-state index contributed by atoms with van der Waals surface area (Å²) in [4.78, 5) is 12.7. The molecule has 150 valence electrons. The first-order valence-corrected chi connectivity index (χ1v) is 11.5. The monoisotopic (exact) mass is 401 g/mol. The summed E-state index contributed by atoms with van der Waals surface area (Å²) >= 11 is 0. The van der Waals surface area contributed by atoms with Crippen molar-refractivity contribution in [3.05, 3.63) is 59.7 Å². The van der Waals surface area contributed by atoms with Gasteiger partial charge in [-0.1, -0.05) is 37.6 Å². The summed E-state index contributed by atoms with van der Waals surface area (Å²) in [5, 5.41) is 2.82. The Morgan fingerprint density at radius 1 is 1.07 bits per heavy atom. The zero-order chi connectivity index (χ0) is 20.0. The summed E-state index contributed by atoms with van der Waals surface area (Å²) < 4.78 is 30.5. The Morgan fingerprint density at radius 2 is 1.82 bits per heavy atom. The van der Waals surface area contributed by atoms with E-state index in [1.807, 2.05) is 24.3 Å². The molecule has 0 heterocycles. The molecule has 0 unspecified atom stereocenters. The van der Waals surface area contributed by atoms with E-state index in [0.717, 1.165) is 24.2 Å². The number of carbonyl (C=O) groups is 1. The highest BCUT2D eigenvalue weighted by Crippen LogP contribution is 2.24. The summed E-state index contributed by atoms with van der Waals surface area (Å²) in [5.74, 6) is 0.372. The van der Waals surface area contributed by atoms with Gasteiger partial charge in [0.15, 0.2) is 9.84 Å². The number of amides is 1. The second-order valence-corrected chi connectivity index (χ2v) is 9.35. The van der Waals surface area contributed by atoms with E-state index in [1.165, 1.54) is 25.3 Å². The van der Waals surface area contributed by atoms with Gasteiger partial charge in [-0.3, -0.25) is 4.79 Å². The molecule has 0 atom stereocenters. The lowest BCUT2D eigenvalue weighted by Gasteiger charge is -2.23. The second kappa shape index (κ2) is 9.24. The summed E-state index contributed by atoms with van der Waals surface area (Å²) in [6, 6.07) is 14.0. The maximum absolute atomic E-state index is 12.6. The third kappa shape index (κ3) is 5.13. The second-order valence-electron chi connectivity index (χ2n) is 7.11. The summed E-state index contributed by atoms with van der Waals surface area (Å²) in [6.45, 7) is 1.88. The minimum Gasteiger partial charge on any atom is -0.490 e. The van der Waals surface area contributed by atoms with Gasteiger partial charge in [0.2, 0.25) is 0 Å². The van der Waals surface area contributed by atoms with Gasteiger partial charge >= 0.3 is 0 Å². The van der Waals surface area contributed by atoms with Crippen LogP contribution in [0.2, 0.25) is 0 Å². The van der Waals surface area contributed by atoms with Crippen LogP contribution in [0.4, 0.5) is 0 Å². The van der Waals surface area contributed by atoms with Crippen LogP contribution >= 0.6 is 0 Å². The van der Waals surface area contributed by atoms with Crippen molar-refractivity contribution < 1.29 is 17.9 Å². The number of benzene rings is 2. The van der Waals surface area contributed by atoms with Gasteiger partial charge in [0.05, 0.1) is 22.3 Å². The molecule has 5 nitrogen and oxygen atoms in total. The first kappa shape index (κ1) is 20.4. The molecule has 0 aliphatic heterocycles. The van der Waals surface area contributed by atoms with Crippen LogP contribution in [0.3, 0.4) is 0 Å². The van der Waals surface area contributed by atoms with Gasteiger partial charge < -0.3 is 10.1 Å². The lowest BCUT2D eigenvalue weighted by Crippen LogP contribution is -2.25. The summed E-state index contributed by atoms with van der Waals surface area (Å²) in [7, 11) is -3.46. The van der Waals surface area contributed by atoms with E-state index in [0.29, 0.717) is 6.54 Å². The SMILES string of the molecule is CCS(=O)(=O)c1ccccc1C(=O)NCc1cccc(OC2CCCCC2)c1. The molecule has 2 aromatic rings. The van der Waals surface area contributed by atoms with Crippen LogP contribution in [-0.2, 0) is 16.4 Å². The van der Waals surface area contributed by atoms with Crippen molar-refractivity contribution >= 4 is 15.7 Å². The fourth-order valence-electron chi connectivity index (χ4n) is 3.46. The molecule has 3 rings (SSSR count). The molecule has 0 spiro atoms. The van der Waals surface area contributed by atoms with Crippen molar-refractivity contribution in [2.45, 2.75) is 56.6 Å². The normalized spacial score (nSPS) is 15.2. The lowest BCUT2D eigenvalue weighted by atomic mass is 9.98. The van der Waals surface area contributed by atoms with E-state index in [4.69, 9.17) is 4.74 Å². The van der Waals surface area contributed by atoms with Crippen molar-refractivity contribution in [2.75, 3.05) is 5.75 Å². The number of carbonyl (C=O) groups excluding carboxylic acids is 1. The van der Waals surface area contributed by atoms with Gasteiger partial charge in [-0.15, -0.1) is 0 Å². The highest BCUT2D eigenvalue weighted by Gasteiger charge is 2.20. The fourth-order valence-corrected chi connectivity index (χ4v) is 4.56. The summed E-state index contributed by atoms with van der Waals surface area (Å²) in [5.41, 5.74) is 1.09. The Bertz CT molecular complexity index is 918. The van der Waals surface area contributed by atoms with Gasteiger partial charge in [0, 0.05) is 6.54 Å². The van der Waals surface area contributed by atoms with Crippen molar-refractivity contribution in [2.24, 2.45) is 0 Å². The molecule has 1 fully saturated rings. The number of nitrogens with one attached hydrogen (secondary N) is 1. The standard InChI is InChI=1S/C22H27NO4S/c1-2-28(25,26)21-14-7-6-13-20(21)22(24)23-16-17-9-8-12-19(15-17)27-18-10-4-3-5-11-18/h6-9,12-15,18H,2-5,10-11,16H2,1H3,(H,23,24). The molecule has 0 aromatic heterocycles. The average molecular weight is 402 g/mol. The maximum atomic E-state index is 12.6. The van der Waals surface area contributed by atoms with Gasteiger partial charge in [-0.05, 0) is 55.5 Å². The molecular formula is C22H27NO4S. The van der Waals surface area contributed by atoms with Gasteiger partial charge in [-0.2, -0.15) is 0 Å². The molecule has 1 N–H and O–H groups in total.